The van der Waals surface area contributed by atoms with Crippen molar-refractivity contribution < 1.29 is 4.79 Å². The number of rotatable bonds is 5. The van der Waals surface area contributed by atoms with Crippen LogP contribution in [0.3, 0.4) is 0 Å². The Morgan fingerprint density at radius 1 is 1.39 bits per heavy atom. The maximum Gasteiger partial charge on any atom is 0.239 e. The Kier molecular flexibility index (Phi) is 3.97. The highest BCUT2D eigenvalue weighted by Crippen LogP contribution is 2.11. The van der Waals surface area contributed by atoms with Crippen molar-refractivity contribution in [2.75, 3.05) is 6.54 Å². The molecule has 0 fully saturated rings. The lowest BCUT2D eigenvalue weighted by Gasteiger charge is -2.08. The standard InChI is InChI=1S/C14H19N3O/c1-11(2)7-8-15-14(18)9-17-10-16-12-5-3-4-6-13(12)17/h3-6,10-11H,7-9H2,1-2H3,(H,15,18). The maximum absolute atomic E-state index is 11.8. The molecular formula is C14H19N3O. The topological polar surface area (TPSA) is 46.9 Å². The van der Waals surface area contributed by atoms with Crippen LogP contribution in [0.2, 0.25) is 0 Å². The fraction of sp³-hybridized carbons (Fsp3) is 0.429. The quantitative estimate of drug-likeness (QED) is 0.877. The second-order valence-electron chi connectivity index (χ2n) is 4.89. The molecule has 2 aromatic rings. The average Bonchev–Trinajstić information content (AvgIpc) is 2.72. The molecule has 18 heavy (non-hydrogen) atoms. The first-order chi connectivity index (χ1) is 8.66. The lowest BCUT2D eigenvalue weighted by atomic mass is 10.1. The van der Waals surface area contributed by atoms with Gasteiger partial charge in [-0.3, -0.25) is 4.79 Å². The normalized spacial score (nSPS) is 11.1. The summed E-state index contributed by atoms with van der Waals surface area (Å²) in [7, 11) is 0. The Morgan fingerprint density at radius 2 is 2.17 bits per heavy atom. The van der Waals surface area contributed by atoms with E-state index in [1.165, 1.54) is 0 Å². The molecule has 0 unspecified atom stereocenters. The number of benzene rings is 1. The van der Waals surface area contributed by atoms with Crippen molar-refractivity contribution in [3.05, 3.63) is 30.6 Å². The van der Waals surface area contributed by atoms with E-state index in [2.05, 4.69) is 24.1 Å². The number of nitrogens with one attached hydrogen (secondary N) is 1. The van der Waals surface area contributed by atoms with E-state index < -0.39 is 0 Å². The molecule has 0 aliphatic heterocycles. The molecule has 0 saturated carbocycles. The Morgan fingerprint density at radius 3 is 2.94 bits per heavy atom. The van der Waals surface area contributed by atoms with Crippen LogP contribution in [0.4, 0.5) is 0 Å². The monoisotopic (exact) mass is 245 g/mol. The minimum Gasteiger partial charge on any atom is -0.355 e. The Bertz CT molecular complexity index is 531. The number of amides is 1. The minimum absolute atomic E-state index is 0.0406. The van der Waals surface area contributed by atoms with Gasteiger partial charge in [0.05, 0.1) is 17.4 Å². The van der Waals surface area contributed by atoms with E-state index >= 15 is 0 Å². The summed E-state index contributed by atoms with van der Waals surface area (Å²) in [6.07, 6.45) is 2.73. The van der Waals surface area contributed by atoms with Crippen molar-refractivity contribution >= 4 is 16.9 Å². The zero-order valence-corrected chi connectivity index (χ0v) is 10.9. The molecule has 0 atom stereocenters. The van der Waals surface area contributed by atoms with Crippen LogP contribution in [0.1, 0.15) is 20.3 Å². The second kappa shape index (κ2) is 5.67. The molecule has 0 bridgehead atoms. The van der Waals surface area contributed by atoms with Gasteiger partial charge in [-0.1, -0.05) is 26.0 Å². The predicted octanol–water partition coefficient (Wildman–Crippen LogP) is 2.20. The molecule has 0 radical (unpaired) electrons. The molecular weight excluding hydrogens is 226 g/mol. The molecule has 1 heterocycles. The van der Waals surface area contributed by atoms with Gasteiger partial charge in [0.25, 0.3) is 0 Å². The highest BCUT2D eigenvalue weighted by Gasteiger charge is 2.06. The first kappa shape index (κ1) is 12.6. The van der Waals surface area contributed by atoms with Gasteiger partial charge in [0.15, 0.2) is 0 Å². The van der Waals surface area contributed by atoms with Crippen molar-refractivity contribution in [1.82, 2.24) is 14.9 Å². The summed E-state index contributed by atoms with van der Waals surface area (Å²) >= 11 is 0. The minimum atomic E-state index is 0.0406. The van der Waals surface area contributed by atoms with Crippen LogP contribution in [0.25, 0.3) is 11.0 Å². The Labute approximate surface area is 107 Å². The number of nitrogens with zero attached hydrogens (tertiary/aromatic N) is 2. The molecule has 1 N–H and O–H groups in total. The number of carbonyl (C=O) groups is 1. The Hall–Kier alpha value is -1.84. The third kappa shape index (κ3) is 3.09. The van der Waals surface area contributed by atoms with Gasteiger partial charge in [-0.05, 0) is 24.5 Å². The van der Waals surface area contributed by atoms with Crippen molar-refractivity contribution in [1.29, 1.82) is 0 Å². The van der Waals surface area contributed by atoms with Crippen molar-refractivity contribution in [3.8, 4) is 0 Å². The summed E-state index contributed by atoms with van der Waals surface area (Å²) in [6.45, 7) is 5.37. The van der Waals surface area contributed by atoms with E-state index in [4.69, 9.17) is 0 Å². The molecule has 4 heteroatoms. The molecule has 96 valence electrons. The van der Waals surface area contributed by atoms with Gasteiger partial charge in [0, 0.05) is 6.54 Å². The van der Waals surface area contributed by atoms with Gasteiger partial charge < -0.3 is 9.88 Å². The Balaban J connectivity index is 1.95. The third-order valence-corrected chi connectivity index (χ3v) is 2.89. The average molecular weight is 245 g/mol. The van der Waals surface area contributed by atoms with Crippen LogP contribution in [-0.4, -0.2) is 22.0 Å². The zero-order chi connectivity index (χ0) is 13.0. The smallest absolute Gasteiger partial charge is 0.239 e. The van der Waals surface area contributed by atoms with Crippen molar-refractivity contribution in [3.63, 3.8) is 0 Å². The third-order valence-electron chi connectivity index (χ3n) is 2.89. The zero-order valence-electron chi connectivity index (χ0n) is 10.9. The molecule has 0 aliphatic carbocycles. The van der Waals surface area contributed by atoms with Gasteiger partial charge in [-0.2, -0.15) is 0 Å². The summed E-state index contributed by atoms with van der Waals surface area (Å²) in [5, 5.41) is 2.93. The number of hydrogen-bond acceptors (Lipinski definition) is 2. The molecule has 2 rings (SSSR count). The van der Waals surface area contributed by atoms with Crippen LogP contribution in [-0.2, 0) is 11.3 Å². The summed E-state index contributed by atoms with van der Waals surface area (Å²) in [5.74, 6) is 0.651. The van der Waals surface area contributed by atoms with Crippen LogP contribution in [0, 0.1) is 5.92 Å². The largest absolute Gasteiger partial charge is 0.355 e. The summed E-state index contributed by atoms with van der Waals surface area (Å²) in [6, 6.07) is 7.83. The molecule has 0 aliphatic rings. The number of aromatic nitrogens is 2. The van der Waals surface area contributed by atoms with Crippen molar-refractivity contribution in [2.24, 2.45) is 5.92 Å². The lowest BCUT2D eigenvalue weighted by molar-refractivity contribution is -0.121. The first-order valence-electron chi connectivity index (χ1n) is 6.33. The van der Waals surface area contributed by atoms with Gasteiger partial charge in [-0.15, -0.1) is 0 Å². The van der Waals surface area contributed by atoms with Gasteiger partial charge in [-0.25, -0.2) is 4.98 Å². The van der Waals surface area contributed by atoms with Gasteiger partial charge in [0.2, 0.25) is 5.91 Å². The van der Waals surface area contributed by atoms with Crippen LogP contribution in [0.5, 0.6) is 0 Å². The van der Waals surface area contributed by atoms with E-state index in [1.54, 1.807) is 6.33 Å². The fourth-order valence-electron chi connectivity index (χ4n) is 1.85. The van der Waals surface area contributed by atoms with Crippen LogP contribution >= 0.6 is 0 Å². The van der Waals surface area contributed by atoms with Crippen molar-refractivity contribution in [2.45, 2.75) is 26.8 Å². The molecule has 0 spiro atoms. The van der Waals surface area contributed by atoms with E-state index in [9.17, 15) is 4.79 Å². The van der Waals surface area contributed by atoms with E-state index in [1.807, 2.05) is 28.8 Å². The first-order valence-corrected chi connectivity index (χ1v) is 6.33. The second-order valence-corrected chi connectivity index (χ2v) is 4.89. The van der Waals surface area contributed by atoms with Gasteiger partial charge in [0.1, 0.15) is 6.54 Å². The van der Waals surface area contributed by atoms with Crippen LogP contribution < -0.4 is 5.32 Å². The number of carbonyl (C=O) groups excluding carboxylic acids is 1. The highest BCUT2D eigenvalue weighted by molar-refractivity contribution is 5.80. The maximum atomic E-state index is 11.8. The summed E-state index contributed by atoms with van der Waals surface area (Å²) in [4.78, 5) is 16.0. The van der Waals surface area contributed by atoms with Gasteiger partial charge >= 0.3 is 0 Å². The number of para-hydroxylation sites is 2. The number of hydrogen-bond donors (Lipinski definition) is 1. The fourth-order valence-corrected chi connectivity index (χ4v) is 1.85. The molecule has 1 aromatic heterocycles. The highest BCUT2D eigenvalue weighted by atomic mass is 16.1. The number of fused-ring (bicyclic) bond motifs is 1. The lowest BCUT2D eigenvalue weighted by Crippen LogP contribution is -2.28. The molecule has 0 saturated heterocycles. The summed E-state index contributed by atoms with van der Waals surface area (Å²) in [5.41, 5.74) is 1.92. The van der Waals surface area contributed by atoms with E-state index in [0.717, 1.165) is 24.0 Å². The van der Waals surface area contributed by atoms with E-state index in [0.29, 0.717) is 12.5 Å². The number of imidazole rings is 1. The van der Waals surface area contributed by atoms with E-state index in [-0.39, 0.29) is 5.91 Å². The molecule has 1 aromatic carbocycles. The van der Waals surface area contributed by atoms with Crippen LogP contribution in [0.15, 0.2) is 30.6 Å². The molecule has 4 nitrogen and oxygen atoms in total. The SMILES string of the molecule is CC(C)CCNC(=O)Cn1cnc2ccccc21. The summed E-state index contributed by atoms with van der Waals surface area (Å²) < 4.78 is 1.88. The molecule has 1 amide bonds. The predicted molar refractivity (Wildman–Crippen MR) is 72.2 cm³/mol.